The molecule has 0 spiro atoms. The van der Waals surface area contributed by atoms with Gasteiger partial charge in [0.25, 0.3) is 0 Å². The molecule has 0 aliphatic heterocycles. The summed E-state index contributed by atoms with van der Waals surface area (Å²) in [6.07, 6.45) is 8.29. The first-order valence-electron chi connectivity index (χ1n) is 7.07. The minimum atomic E-state index is 0.175. The molecule has 3 rings (SSSR count). The van der Waals surface area contributed by atoms with E-state index in [0.29, 0.717) is 11.8 Å². The summed E-state index contributed by atoms with van der Waals surface area (Å²) in [5, 5.41) is 0.175. The van der Waals surface area contributed by atoms with E-state index in [1.807, 2.05) is 11.9 Å². The normalized spacial score (nSPS) is 44.2. The first kappa shape index (κ1) is 11.8. The molecule has 17 heavy (non-hydrogen) atoms. The third-order valence-electron chi connectivity index (χ3n) is 5.09. The molecule has 3 aliphatic rings. The maximum Gasteiger partial charge on any atom is 0.225 e. The van der Waals surface area contributed by atoms with Crippen LogP contribution in [0.1, 0.15) is 44.9 Å². The van der Waals surface area contributed by atoms with Crippen LogP contribution in [0.4, 0.5) is 0 Å². The number of halogens is 1. The molecule has 96 valence electrons. The number of carbonyl (C=O) groups is 1. The molecule has 0 aromatic rings. The second-order valence-electron chi connectivity index (χ2n) is 6.24. The van der Waals surface area contributed by atoms with E-state index in [0.717, 1.165) is 37.5 Å². The third kappa shape index (κ3) is 2.21. The smallest absolute Gasteiger partial charge is 0.225 e. The summed E-state index contributed by atoms with van der Waals surface area (Å²) in [5.41, 5.74) is 0. The van der Waals surface area contributed by atoms with E-state index in [-0.39, 0.29) is 11.4 Å². The van der Waals surface area contributed by atoms with Crippen molar-refractivity contribution in [3.05, 3.63) is 0 Å². The van der Waals surface area contributed by atoms with E-state index >= 15 is 0 Å². The van der Waals surface area contributed by atoms with Crippen LogP contribution in [0.15, 0.2) is 0 Å². The zero-order valence-corrected chi connectivity index (χ0v) is 11.3. The molecule has 0 N–H and O–H groups in total. The SMILES string of the molecule is CN(C(=O)C1CC2CC2C1)C1CCCCC1Cl. The number of fused-ring (bicyclic) bond motifs is 1. The first-order chi connectivity index (χ1) is 8.16. The topological polar surface area (TPSA) is 20.3 Å². The van der Waals surface area contributed by atoms with Gasteiger partial charge in [-0.05, 0) is 43.9 Å². The fourth-order valence-electron chi connectivity index (χ4n) is 3.87. The van der Waals surface area contributed by atoms with Crippen LogP contribution in [-0.2, 0) is 4.79 Å². The van der Waals surface area contributed by atoms with Gasteiger partial charge in [-0.3, -0.25) is 4.79 Å². The van der Waals surface area contributed by atoms with Gasteiger partial charge in [0.2, 0.25) is 5.91 Å². The number of amides is 1. The molecule has 0 bridgehead atoms. The highest BCUT2D eigenvalue weighted by molar-refractivity contribution is 6.21. The Morgan fingerprint density at radius 3 is 2.41 bits per heavy atom. The predicted molar refractivity (Wildman–Crippen MR) is 69.0 cm³/mol. The Labute approximate surface area is 109 Å². The molecule has 3 aliphatic carbocycles. The lowest BCUT2D eigenvalue weighted by Crippen LogP contribution is -2.46. The highest BCUT2D eigenvalue weighted by atomic mass is 35.5. The lowest BCUT2D eigenvalue weighted by Gasteiger charge is -2.36. The molecule has 2 nitrogen and oxygen atoms in total. The summed E-state index contributed by atoms with van der Waals surface area (Å²) in [6, 6.07) is 0.287. The molecule has 4 unspecified atom stereocenters. The lowest BCUT2D eigenvalue weighted by atomic mass is 9.92. The van der Waals surface area contributed by atoms with Crippen molar-refractivity contribution in [2.75, 3.05) is 7.05 Å². The van der Waals surface area contributed by atoms with E-state index < -0.39 is 0 Å². The average molecular weight is 256 g/mol. The highest BCUT2D eigenvalue weighted by Gasteiger charge is 2.49. The van der Waals surface area contributed by atoms with Gasteiger partial charge >= 0.3 is 0 Å². The molecular weight excluding hydrogens is 234 g/mol. The number of hydrogen-bond acceptors (Lipinski definition) is 1. The minimum Gasteiger partial charge on any atom is -0.341 e. The maximum absolute atomic E-state index is 12.4. The quantitative estimate of drug-likeness (QED) is 0.695. The maximum atomic E-state index is 12.4. The van der Waals surface area contributed by atoms with Crippen molar-refractivity contribution in [2.45, 2.75) is 56.4 Å². The third-order valence-corrected chi connectivity index (χ3v) is 5.59. The second kappa shape index (κ2) is 4.46. The minimum absolute atomic E-state index is 0.175. The summed E-state index contributed by atoms with van der Waals surface area (Å²) in [5.74, 6) is 2.45. The fourth-order valence-corrected chi connectivity index (χ4v) is 4.32. The molecule has 0 aromatic carbocycles. The van der Waals surface area contributed by atoms with Gasteiger partial charge in [0.1, 0.15) is 0 Å². The molecule has 4 atom stereocenters. The zero-order chi connectivity index (χ0) is 12.0. The summed E-state index contributed by atoms with van der Waals surface area (Å²) in [6.45, 7) is 0. The molecule has 0 aromatic heterocycles. The number of carbonyl (C=O) groups excluding carboxylic acids is 1. The molecule has 0 radical (unpaired) electrons. The van der Waals surface area contributed by atoms with Crippen LogP contribution in [0.5, 0.6) is 0 Å². The summed E-state index contributed by atoms with van der Waals surface area (Å²) in [7, 11) is 1.97. The summed E-state index contributed by atoms with van der Waals surface area (Å²) < 4.78 is 0. The Bertz CT molecular complexity index is 309. The predicted octanol–water partition coefficient (Wildman–Crippen LogP) is 3.04. The van der Waals surface area contributed by atoms with Gasteiger partial charge in [-0.2, -0.15) is 0 Å². The van der Waals surface area contributed by atoms with Gasteiger partial charge in [-0.15, -0.1) is 11.6 Å². The first-order valence-corrected chi connectivity index (χ1v) is 7.51. The second-order valence-corrected chi connectivity index (χ2v) is 6.80. The van der Waals surface area contributed by atoms with Gasteiger partial charge in [0.15, 0.2) is 0 Å². The van der Waals surface area contributed by atoms with Crippen LogP contribution in [0.3, 0.4) is 0 Å². The van der Waals surface area contributed by atoms with Gasteiger partial charge < -0.3 is 4.90 Å². The van der Waals surface area contributed by atoms with Crippen molar-refractivity contribution in [1.82, 2.24) is 4.90 Å². The van der Waals surface area contributed by atoms with E-state index in [4.69, 9.17) is 11.6 Å². The monoisotopic (exact) mass is 255 g/mol. The Morgan fingerprint density at radius 2 is 1.76 bits per heavy atom. The van der Waals surface area contributed by atoms with Crippen molar-refractivity contribution in [3.8, 4) is 0 Å². The largest absolute Gasteiger partial charge is 0.341 e. The Hall–Kier alpha value is -0.240. The molecule has 3 saturated carbocycles. The Morgan fingerprint density at radius 1 is 1.12 bits per heavy atom. The van der Waals surface area contributed by atoms with Crippen LogP contribution in [0.25, 0.3) is 0 Å². The molecule has 0 heterocycles. The van der Waals surface area contributed by atoms with Gasteiger partial charge in [0, 0.05) is 19.0 Å². The van der Waals surface area contributed by atoms with Crippen LogP contribution >= 0.6 is 11.6 Å². The number of hydrogen-bond donors (Lipinski definition) is 0. The van der Waals surface area contributed by atoms with E-state index in [9.17, 15) is 4.79 Å². The zero-order valence-electron chi connectivity index (χ0n) is 10.6. The van der Waals surface area contributed by atoms with Crippen LogP contribution in [0.2, 0.25) is 0 Å². The Balaban J connectivity index is 1.60. The van der Waals surface area contributed by atoms with Gasteiger partial charge in [0.05, 0.1) is 5.38 Å². The molecule has 3 heteroatoms. The fraction of sp³-hybridized carbons (Fsp3) is 0.929. The summed E-state index contributed by atoms with van der Waals surface area (Å²) >= 11 is 6.37. The number of nitrogens with zero attached hydrogens (tertiary/aromatic N) is 1. The average Bonchev–Trinajstić information content (AvgIpc) is 2.95. The van der Waals surface area contributed by atoms with Crippen LogP contribution < -0.4 is 0 Å². The van der Waals surface area contributed by atoms with Crippen molar-refractivity contribution < 1.29 is 4.79 Å². The lowest BCUT2D eigenvalue weighted by molar-refractivity contribution is -0.137. The van der Waals surface area contributed by atoms with Crippen molar-refractivity contribution >= 4 is 17.5 Å². The molecule has 0 saturated heterocycles. The standard InChI is InChI=1S/C14H22ClNO/c1-16(13-5-3-2-4-12(13)15)14(17)11-7-9-6-10(9)8-11/h9-13H,2-8H2,1H3. The highest BCUT2D eigenvalue weighted by Crippen LogP contribution is 2.54. The molecule has 3 fully saturated rings. The van der Waals surface area contributed by atoms with Crippen LogP contribution in [0, 0.1) is 17.8 Å². The van der Waals surface area contributed by atoms with Gasteiger partial charge in [-0.25, -0.2) is 0 Å². The van der Waals surface area contributed by atoms with Crippen molar-refractivity contribution in [1.29, 1.82) is 0 Å². The summed E-state index contributed by atoms with van der Waals surface area (Å²) in [4.78, 5) is 14.4. The van der Waals surface area contributed by atoms with Crippen LogP contribution in [-0.4, -0.2) is 29.3 Å². The van der Waals surface area contributed by atoms with Gasteiger partial charge in [-0.1, -0.05) is 12.8 Å². The molecular formula is C14H22ClNO. The Kier molecular flexibility index (Phi) is 3.10. The van der Waals surface area contributed by atoms with E-state index in [2.05, 4.69) is 0 Å². The molecule has 1 amide bonds. The van der Waals surface area contributed by atoms with Crippen molar-refractivity contribution in [3.63, 3.8) is 0 Å². The number of alkyl halides is 1. The van der Waals surface area contributed by atoms with Crippen molar-refractivity contribution in [2.24, 2.45) is 17.8 Å². The van der Waals surface area contributed by atoms with E-state index in [1.54, 1.807) is 0 Å². The number of rotatable bonds is 2. The van der Waals surface area contributed by atoms with E-state index in [1.165, 1.54) is 19.3 Å².